The third-order valence-corrected chi connectivity index (χ3v) is 5.65. The van der Waals surface area contributed by atoms with E-state index in [2.05, 4.69) is 9.46 Å². The van der Waals surface area contributed by atoms with E-state index in [4.69, 9.17) is 18.6 Å². The van der Waals surface area contributed by atoms with Gasteiger partial charge in [0.05, 0.1) is 18.3 Å². The molecule has 0 bridgehead atoms. The highest BCUT2D eigenvalue weighted by Crippen LogP contribution is 2.32. The SMILES string of the molecule is COC(=O)c1ccoc1COC(=O)CCCNS(=O)(=O)c1ccc2c(c1)OCCO2. The third kappa shape index (κ3) is 5.30. The summed E-state index contributed by atoms with van der Waals surface area (Å²) >= 11 is 0. The number of rotatable bonds is 9. The van der Waals surface area contributed by atoms with Gasteiger partial charge in [0.25, 0.3) is 0 Å². The Morgan fingerprint density at radius 3 is 2.67 bits per heavy atom. The number of fused-ring (bicyclic) bond motifs is 1. The van der Waals surface area contributed by atoms with Crippen LogP contribution in [-0.2, 0) is 30.9 Å². The minimum atomic E-state index is -3.76. The van der Waals surface area contributed by atoms with E-state index in [0.29, 0.717) is 24.7 Å². The zero-order chi connectivity index (χ0) is 21.6. The highest BCUT2D eigenvalue weighted by molar-refractivity contribution is 7.89. The lowest BCUT2D eigenvalue weighted by Gasteiger charge is -2.18. The Balaban J connectivity index is 1.43. The number of esters is 2. The number of benzene rings is 1. The Morgan fingerprint density at radius 1 is 1.13 bits per heavy atom. The molecule has 0 aliphatic carbocycles. The first-order valence-electron chi connectivity index (χ1n) is 9.10. The zero-order valence-electron chi connectivity index (χ0n) is 16.2. The third-order valence-electron chi connectivity index (χ3n) is 4.19. The maximum atomic E-state index is 12.4. The summed E-state index contributed by atoms with van der Waals surface area (Å²) in [6, 6.07) is 5.78. The predicted octanol–water partition coefficient (Wildman–Crippen LogP) is 1.64. The highest BCUT2D eigenvalue weighted by atomic mass is 32.2. The molecule has 3 rings (SSSR count). The summed E-state index contributed by atoms with van der Waals surface area (Å²) in [5.41, 5.74) is 0.178. The second-order valence-electron chi connectivity index (χ2n) is 6.22. The molecule has 0 spiro atoms. The van der Waals surface area contributed by atoms with Gasteiger partial charge in [0.2, 0.25) is 10.0 Å². The average molecular weight is 439 g/mol. The Bertz CT molecular complexity index is 1010. The molecule has 162 valence electrons. The molecule has 2 aromatic rings. The molecule has 30 heavy (non-hydrogen) atoms. The Kier molecular flexibility index (Phi) is 6.95. The van der Waals surface area contributed by atoms with Crippen LogP contribution in [-0.4, -0.2) is 47.2 Å². The molecule has 0 unspecified atom stereocenters. The van der Waals surface area contributed by atoms with Crippen LogP contribution in [0.2, 0.25) is 0 Å². The summed E-state index contributed by atoms with van der Waals surface area (Å²) in [6.45, 7) is 0.585. The molecule has 0 radical (unpaired) electrons. The predicted molar refractivity (Wildman–Crippen MR) is 102 cm³/mol. The van der Waals surface area contributed by atoms with E-state index in [0.717, 1.165) is 0 Å². The molecule has 0 atom stereocenters. The molecule has 0 amide bonds. The van der Waals surface area contributed by atoms with E-state index in [1.54, 1.807) is 0 Å². The first-order chi connectivity index (χ1) is 14.4. The topological polar surface area (TPSA) is 130 Å². The van der Waals surface area contributed by atoms with E-state index in [9.17, 15) is 18.0 Å². The molecule has 1 aliphatic heterocycles. The summed E-state index contributed by atoms with van der Waals surface area (Å²) in [7, 11) is -2.53. The van der Waals surface area contributed by atoms with Gasteiger partial charge >= 0.3 is 11.9 Å². The van der Waals surface area contributed by atoms with Gasteiger partial charge in [0, 0.05) is 19.0 Å². The number of carbonyl (C=O) groups excluding carboxylic acids is 2. The lowest BCUT2D eigenvalue weighted by molar-refractivity contribution is -0.145. The first-order valence-corrected chi connectivity index (χ1v) is 10.6. The Hall–Kier alpha value is -3.05. The van der Waals surface area contributed by atoms with Gasteiger partial charge in [0.15, 0.2) is 17.3 Å². The van der Waals surface area contributed by atoms with Crippen LogP contribution in [0, 0.1) is 0 Å². The van der Waals surface area contributed by atoms with Crippen LogP contribution >= 0.6 is 0 Å². The van der Waals surface area contributed by atoms with Crippen molar-refractivity contribution in [2.24, 2.45) is 0 Å². The first kappa shape index (κ1) is 21.7. The van der Waals surface area contributed by atoms with Crippen LogP contribution in [0.5, 0.6) is 11.5 Å². The van der Waals surface area contributed by atoms with Crippen molar-refractivity contribution in [3.05, 3.63) is 41.9 Å². The smallest absolute Gasteiger partial charge is 0.341 e. The van der Waals surface area contributed by atoms with Crippen LogP contribution in [0.25, 0.3) is 0 Å². The number of hydrogen-bond donors (Lipinski definition) is 1. The lowest BCUT2D eigenvalue weighted by atomic mass is 10.2. The normalized spacial score (nSPS) is 13.0. The van der Waals surface area contributed by atoms with Crippen LogP contribution in [0.4, 0.5) is 0 Å². The molecule has 1 aromatic heterocycles. The van der Waals surface area contributed by atoms with Gasteiger partial charge in [0.1, 0.15) is 25.4 Å². The van der Waals surface area contributed by atoms with Crippen molar-refractivity contribution in [2.45, 2.75) is 24.3 Å². The number of hydrogen-bond acceptors (Lipinski definition) is 9. The Morgan fingerprint density at radius 2 is 1.90 bits per heavy atom. The molecule has 11 heteroatoms. The number of sulfonamides is 1. The minimum absolute atomic E-state index is 0.0159. The van der Waals surface area contributed by atoms with Crippen LogP contribution in [0.3, 0.4) is 0 Å². The fourth-order valence-corrected chi connectivity index (χ4v) is 3.76. The van der Waals surface area contributed by atoms with Crippen molar-refractivity contribution in [1.29, 1.82) is 0 Å². The molecule has 0 saturated carbocycles. The number of furan rings is 1. The summed E-state index contributed by atoms with van der Waals surface area (Å²) in [4.78, 5) is 23.4. The van der Waals surface area contributed by atoms with E-state index in [1.807, 2.05) is 0 Å². The highest BCUT2D eigenvalue weighted by Gasteiger charge is 2.20. The van der Waals surface area contributed by atoms with Crippen LogP contribution in [0.15, 0.2) is 39.8 Å². The van der Waals surface area contributed by atoms with Gasteiger partial charge in [-0.25, -0.2) is 17.9 Å². The van der Waals surface area contributed by atoms with Crippen molar-refractivity contribution in [3.63, 3.8) is 0 Å². The van der Waals surface area contributed by atoms with Gasteiger partial charge in [-0.05, 0) is 24.6 Å². The number of nitrogens with one attached hydrogen (secondary N) is 1. The fourth-order valence-electron chi connectivity index (χ4n) is 2.68. The van der Waals surface area contributed by atoms with Crippen LogP contribution < -0.4 is 14.2 Å². The number of ether oxygens (including phenoxy) is 4. The second-order valence-corrected chi connectivity index (χ2v) is 7.98. The van der Waals surface area contributed by atoms with Crippen molar-refractivity contribution >= 4 is 22.0 Å². The Labute approximate surface area is 173 Å². The molecule has 10 nitrogen and oxygen atoms in total. The van der Waals surface area contributed by atoms with Crippen molar-refractivity contribution in [1.82, 2.24) is 4.72 Å². The van der Waals surface area contributed by atoms with Gasteiger partial charge in [-0.2, -0.15) is 0 Å². The standard InChI is InChI=1S/C19H21NO9S/c1-25-19(22)14-6-8-26-17(14)12-29-18(21)3-2-7-20-30(23,24)13-4-5-15-16(11-13)28-10-9-27-15/h4-6,8,11,20H,2-3,7,9-10,12H2,1H3. The molecule has 1 aromatic carbocycles. The van der Waals surface area contributed by atoms with Gasteiger partial charge < -0.3 is 23.4 Å². The summed E-state index contributed by atoms with van der Waals surface area (Å²) in [5, 5.41) is 0. The average Bonchev–Trinajstić information content (AvgIpc) is 3.23. The summed E-state index contributed by atoms with van der Waals surface area (Å²) < 4.78 is 52.7. The van der Waals surface area contributed by atoms with Crippen molar-refractivity contribution < 1.29 is 41.4 Å². The fraction of sp³-hybridized carbons (Fsp3) is 0.368. The molecule has 2 heterocycles. The molecular formula is C19H21NO9S. The summed E-state index contributed by atoms with van der Waals surface area (Å²) in [5.74, 6) is -0.106. The molecular weight excluding hydrogens is 418 g/mol. The van der Waals surface area contributed by atoms with E-state index in [1.165, 1.54) is 37.6 Å². The monoisotopic (exact) mass is 439 g/mol. The van der Waals surface area contributed by atoms with Gasteiger partial charge in [-0.1, -0.05) is 0 Å². The van der Waals surface area contributed by atoms with E-state index < -0.39 is 22.0 Å². The van der Waals surface area contributed by atoms with E-state index >= 15 is 0 Å². The molecule has 0 saturated heterocycles. The lowest BCUT2D eigenvalue weighted by Crippen LogP contribution is -2.25. The minimum Gasteiger partial charge on any atom is -0.486 e. The maximum absolute atomic E-state index is 12.4. The zero-order valence-corrected chi connectivity index (χ0v) is 17.0. The van der Waals surface area contributed by atoms with Crippen molar-refractivity contribution in [2.75, 3.05) is 26.9 Å². The molecule has 1 N–H and O–H groups in total. The largest absolute Gasteiger partial charge is 0.486 e. The quantitative estimate of drug-likeness (QED) is 0.458. The summed E-state index contributed by atoms with van der Waals surface area (Å²) in [6.07, 6.45) is 1.50. The van der Waals surface area contributed by atoms with Gasteiger partial charge in [-0.15, -0.1) is 0 Å². The number of carbonyl (C=O) groups is 2. The van der Waals surface area contributed by atoms with Gasteiger partial charge in [-0.3, -0.25) is 4.79 Å². The molecule has 1 aliphatic rings. The van der Waals surface area contributed by atoms with E-state index in [-0.39, 0.29) is 42.2 Å². The van der Waals surface area contributed by atoms with Crippen LogP contribution in [0.1, 0.15) is 29.0 Å². The van der Waals surface area contributed by atoms with Crippen molar-refractivity contribution in [3.8, 4) is 11.5 Å². The second kappa shape index (κ2) is 9.63. The molecule has 0 fully saturated rings. The number of methoxy groups -OCH3 is 1. The maximum Gasteiger partial charge on any atom is 0.341 e.